The number of hydrogen-bond acceptors (Lipinski definition) is 9. The summed E-state index contributed by atoms with van der Waals surface area (Å²) in [4.78, 5) is 39.8. The number of pyridine rings is 1. The molecule has 0 spiro atoms. The summed E-state index contributed by atoms with van der Waals surface area (Å²) in [7, 11) is 4.29. The largest absolute Gasteiger partial charge is 0.502 e. The summed E-state index contributed by atoms with van der Waals surface area (Å²) in [6, 6.07) is 11.8. The number of aromatic nitrogens is 1. The summed E-state index contributed by atoms with van der Waals surface area (Å²) in [6.45, 7) is 2.47. The molecule has 1 N–H and O–H groups in total. The number of carbonyl (C=O) groups is 1. The predicted octanol–water partition coefficient (Wildman–Crippen LogP) is 2.84. The lowest BCUT2D eigenvalue weighted by molar-refractivity contribution is -0.140. The molecule has 3 aromatic rings. The Balaban J connectivity index is 1.47. The lowest BCUT2D eigenvalue weighted by Crippen LogP contribution is -2.46. The molecule has 5 rings (SSSR count). The minimum Gasteiger partial charge on any atom is -0.502 e. The van der Waals surface area contributed by atoms with E-state index in [1.54, 1.807) is 30.3 Å². The van der Waals surface area contributed by atoms with Gasteiger partial charge in [-0.05, 0) is 36.1 Å². The number of methoxy groups -OCH3 is 3. The Kier molecular flexibility index (Phi) is 7.47. The van der Waals surface area contributed by atoms with Crippen LogP contribution in [-0.2, 0) is 22.6 Å². The van der Waals surface area contributed by atoms with E-state index in [-0.39, 0.29) is 23.7 Å². The number of benzene rings is 1. The first-order chi connectivity index (χ1) is 18.8. The van der Waals surface area contributed by atoms with Gasteiger partial charge in [-0.1, -0.05) is 12.1 Å². The van der Waals surface area contributed by atoms with Gasteiger partial charge in [-0.3, -0.25) is 19.3 Å². The van der Waals surface area contributed by atoms with Gasteiger partial charge in [0.25, 0.3) is 5.56 Å². The van der Waals surface area contributed by atoms with Crippen molar-refractivity contribution in [1.82, 2.24) is 9.47 Å². The van der Waals surface area contributed by atoms with E-state index in [4.69, 9.17) is 18.6 Å². The molecule has 4 heterocycles. The summed E-state index contributed by atoms with van der Waals surface area (Å²) in [6.07, 6.45) is 0.844. The van der Waals surface area contributed by atoms with Crippen LogP contribution in [0, 0.1) is 5.92 Å². The van der Waals surface area contributed by atoms with Crippen molar-refractivity contribution >= 4 is 5.97 Å². The highest BCUT2D eigenvalue weighted by Gasteiger charge is 2.35. The van der Waals surface area contributed by atoms with Crippen LogP contribution in [0.15, 0.2) is 56.5 Å². The van der Waals surface area contributed by atoms with Crippen molar-refractivity contribution in [3.8, 4) is 17.2 Å². The van der Waals surface area contributed by atoms with E-state index >= 15 is 0 Å². The van der Waals surface area contributed by atoms with E-state index in [0.717, 1.165) is 18.7 Å². The highest BCUT2D eigenvalue weighted by atomic mass is 16.5. The van der Waals surface area contributed by atoms with E-state index in [9.17, 15) is 19.5 Å². The fourth-order valence-electron chi connectivity index (χ4n) is 5.90. The molecule has 0 radical (unpaired) electrons. The number of fused-ring (bicyclic) bond motifs is 4. The number of carbonyl (C=O) groups excluding carboxylic acids is 1. The lowest BCUT2D eigenvalue weighted by atomic mass is 9.83. The van der Waals surface area contributed by atoms with Gasteiger partial charge in [0.15, 0.2) is 17.3 Å². The van der Waals surface area contributed by atoms with Crippen LogP contribution in [0.25, 0.3) is 0 Å². The number of nitrogens with zero attached hydrogens (tertiary/aromatic N) is 2. The Morgan fingerprint density at radius 1 is 1.05 bits per heavy atom. The van der Waals surface area contributed by atoms with Gasteiger partial charge in [0.1, 0.15) is 5.76 Å². The van der Waals surface area contributed by atoms with Crippen LogP contribution in [0.2, 0.25) is 0 Å². The van der Waals surface area contributed by atoms with Crippen molar-refractivity contribution in [2.45, 2.75) is 37.8 Å². The molecule has 0 amide bonds. The zero-order chi connectivity index (χ0) is 27.7. The van der Waals surface area contributed by atoms with Crippen molar-refractivity contribution in [1.29, 1.82) is 0 Å². The van der Waals surface area contributed by atoms with Crippen molar-refractivity contribution in [2.75, 3.05) is 34.4 Å². The molecule has 2 bridgehead atoms. The van der Waals surface area contributed by atoms with E-state index in [0.29, 0.717) is 48.4 Å². The highest BCUT2D eigenvalue weighted by molar-refractivity contribution is 5.71. The summed E-state index contributed by atoms with van der Waals surface area (Å²) >= 11 is 0. The minimum atomic E-state index is -0.801. The summed E-state index contributed by atoms with van der Waals surface area (Å²) < 4.78 is 23.7. The standard InChI is InChI=1S/C29H32N2O8/c1-36-24-8-7-18(10-25(24)37-2)21(12-27(34)38-3)29-28(35)23(32)11-20(39-29)16-30-13-17-9-19(15-30)22-5-4-6-26(33)31(22)14-17/h4-8,10-11,17,19,21,35H,9,12-16H2,1-3H3. The second-order valence-electron chi connectivity index (χ2n) is 10.1. The Morgan fingerprint density at radius 2 is 1.85 bits per heavy atom. The summed E-state index contributed by atoms with van der Waals surface area (Å²) in [5, 5.41) is 10.8. The fourth-order valence-corrected chi connectivity index (χ4v) is 5.90. The Hall–Kier alpha value is -4.05. The normalized spacial score (nSPS) is 19.2. The molecule has 1 saturated heterocycles. The molecule has 206 valence electrons. The van der Waals surface area contributed by atoms with Gasteiger partial charge < -0.3 is 28.3 Å². The third-order valence-electron chi connectivity index (χ3n) is 7.66. The molecule has 1 aromatic carbocycles. The van der Waals surface area contributed by atoms with E-state index in [1.165, 1.54) is 27.4 Å². The lowest BCUT2D eigenvalue weighted by Gasteiger charge is -2.42. The van der Waals surface area contributed by atoms with Crippen molar-refractivity contribution in [3.63, 3.8) is 0 Å². The van der Waals surface area contributed by atoms with Crippen LogP contribution in [-0.4, -0.2) is 55.0 Å². The van der Waals surface area contributed by atoms with Gasteiger partial charge in [-0.15, -0.1) is 0 Å². The van der Waals surface area contributed by atoms with Crippen molar-refractivity contribution in [2.24, 2.45) is 5.92 Å². The van der Waals surface area contributed by atoms with Gasteiger partial charge in [-0.2, -0.15) is 0 Å². The van der Waals surface area contributed by atoms with Crippen LogP contribution in [0.5, 0.6) is 17.2 Å². The first-order valence-electron chi connectivity index (χ1n) is 12.9. The first-order valence-corrected chi connectivity index (χ1v) is 12.9. The third kappa shape index (κ3) is 5.29. The molecule has 10 nitrogen and oxygen atoms in total. The Morgan fingerprint density at radius 3 is 2.59 bits per heavy atom. The monoisotopic (exact) mass is 536 g/mol. The van der Waals surface area contributed by atoms with Gasteiger partial charge in [0.2, 0.25) is 11.2 Å². The molecular formula is C29H32N2O8. The molecule has 3 unspecified atom stereocenters. The molecule has 2 aliphatic rings. The maximum atomic E-state index is 12.9. The second kappa shape index (κ2) is 11.0. The molecule has 3 atom stereocenters. The minimum absolute atomic E-state index is 0.00998. The smallest absolute Gasteiger partial charge is 0.306 e. The van der Waals surface area contributed by atoms with Crippen LogP contribution in [0.4, 0.5) is 0 Å². The van der Waals surface area contributed by atoms with Crippen LogP contribution in [0.1, 0.15) is 47.5 Å². The molecule has 0 aliphatic carbocycles. The topological polar surface area (TPSA) is 120 Å². The number of piperidine rings is 1. The maximum Gasteiger partial charge on any atom is 0.306 e. The van der Waals surface area contributed by atoms with Gasteiger partial charge >= 0.3 is 5.97 Å². The van der Waals surface area contributed by atoms with Gasteiger partial charge in [0, 0.05) is 43.4 Å². The number of likely N-dealkylation sites (tertiary alicyclic amines) is 1. The zero-order valence-electron chi connectivity index (χ0n) is 22.2. The zero-order valence-corrected chi connectivity index (χ0v) is 22.2. The Labute approximate surface area is 225 Å². The molecule has 1 fully saturated rings. The van der Waals surface area contributed by atoms with Crippen LogP contribution < -0.4 is 20.5 Å². The van der Waals surface area contributed by atoms with E-state index in [1.807, 2.05) is 10.6 Å². The highest BCUT2D eigenvalue weighted by Crippen LogP contribution is 2.39. The quantitative estimate of drug-likeness (QED) is 0.433. The SMILES string of the molecule is COC(=O)CC(c1ccc(OC)c(OC)c1)c1oc(CN2CC3CC(C2)c2cccc(=O)n2C3)cc(=O)c1O. The van der Waals surface area contributed by atoms with Crippen molar-refractivity contribution in [3.05, 3.63) is 85.8 Å². The van der Waals surface area contributed by atoms with E-state index in [2.05, 4.69) is 4.90 Å². The number of ether oxygens (including phenoxy) is 3. The van der Waals surface area contributed by atoms with Crippen LogP contribution >= 0.6 is 0 Å². The average molecular weight is 537 g/mol. The predicted molar refractivity (Wildman–Crippen MR) is 141 cm³/mol. The molecule has 0 saturated carbocycles. The number of esters is 1. The van der Waals surface area contributed by atoms with Crippen LogP contribution in [0.3, 0.4) is 0 Å². The van der Waals surface area contributed by atoms with Crippen molar-refractivity contribution < 1.29 is 28.5 Å². The molecule has 10 heteroatoms. The summed E-state index contributed by atoms with van der Waals surface area (Å²) in [5.74, 6) is -0.0699. The first kappa shape index (κ1) is 26.6. The van der Waals surface area contributed by atoms with E-state index < -0.39 is 23.1 Å². The number of hydrogen-bond donors (Lipinski definition) is 1. The third-order valence-corrected chi connectivity index (χ3v) is 7.66. The van der Waals surface area contributed by atoms with Gasteiger partial charge in [-0.25, -0.2) is 0 Å². The maximum absolute atomic E-state index is 12.9. The summed E-state index contributed by atoms with van der Waals surface area (Å²) in [5.41, 5.74) is 1.05. The molecular weight excluding hydrogens is 504 g/mol. The number of aromatic hydroxyl groups is 1. The fraction of sp³-hybridized carbons (Fsp3) is 0.414. The Bertz CT molecular complexity index is 1490. The molecule has 39 heavy (non-hydrogen) atoms. The number of rotatable bonds is 8. The second-order valence-corrected chi connectivity index (χ2v) is 10.1. The molecule has 2 aliphatic heterocycles. The molecule has 2 aromatic heterocycles. The average Bonchev–Trinajstić information content (AvgIpc) is 2.93. The van der Waals surface area contributed by atoms with Gasteiger partial charge in [0.05, 0.1) is 40.2 Å².